The standard InChI is InChI=1S/C11H17ClN2/c1-9(2)7-14(3)8-11-6-10(12)4-5-13-11/h4-6,9H,7-8H2,1-3H3. The van der Waals surface area contributed by atoms with Gasteiger partial charge in [-0.3, -0.25) is 4.98 Å². The van der Waals surface area contributed by atoms with Crippen LogP contribution >= 0.6 is 11.6 Å². The minimum absolute atomic E-state index is 0.680. The predicted molar refractivity (Wildman–Crippen MR) is 60.4 cm³/mol. The molecule has 0 atom stereocenters. The van der Waals surface area contributed by atoms with Gasteiger partial charge in [-0.1, -0.05) is 25.4 Å². The molecule has 1 rings (SSSR count). The maximum absolute atomic E-state index is 5.88. The Morgan fingerprint density at radius 2 is 2.21 bits per heavy atom. The second kappa shape index (κ2) is 5.32. The molecule has 1 aromatic heterocycles. The molecule has 1 heterocycles. The molecule has 0 unspecified atom stereocenters. The molecule has 0 saturated carbocycles. The summed E-state index contributed by atoms with van der Waals surface area (Å²) in [7, 11) is 2.10. The second-order valence-corrected chi connectivity index (χ2v) is 4.49. The summed E-state index contributed by atoms with van der Waals surface area (Å²) in [5.41, 5.74) is 1.03. The van der Waals surface area contributed by atoms with E-state index >= 15 is 0 Å². The van der Waals surface area contributed by atoms with E-state index in [1.165, 1.54) is 0 Å². The zero-order valence-corrected chi connectivity index (χ0v) is 9.75. The monoisotopic (exact) mass is 212 g/mol. The van der Waals surface area contributed by atoms with Crippen molar-refractivity contribution in [1.29, 1.82) is 0 Å². The van der Waals surface area contributed by atoms with Gasteiger partial charge < -0.3 is 4.90 Å². The number of nitrogens with zero attached hydrogens (tertiary/aromatic N) is 2. The van der Waals surface area contributed by atoms with Crippen LogP contribution in [0.15, 0.2) is 18.3 Å². The minimum atomic E-state index is 0.680. The third kappa shape index (κ3) is 4.07. The molecule has 0 spiro atoms. The molecule has 0 aliphatic heterocycles. The Kier molecular flexibility index (Phi) is 4.36. The van der Waals surface area contributed by atoms with E-state index in [-0.39, 0.29) is 0 Å². The van der Waals surface area contributed by atoms with Crippen molar-refractivity contribution in [2.45, 2.75) is 20.4 Å². The zero-order valence-electron chi connectivity index (χ0n) is 9.00. The topological polar surface area (TPSA) is 16.1 Å². The quantitative estimate of drug-likeness (QED) is 0.763. The minimum Gasteiger partial charge on any atom is -0.300 e. The SMILES string of the molecule is CC(C)CN(C)Cc1cc(Cl)ccn1. The molecule has 1 aromatic rings. The van der Waals surface area contributed by atoms with Gasteiger partial charge in [-0.05, 0) is 25.1 Å². The Hall–Kier alpha value is -0.600. The van der Waals surface area contributed by atoms with Crippen LogP contribution in [0.2, 0.25) is 5.02 Å². The fourth-order valence-electron chi connectivity index (χ4n) is 1.50. The number of hydrogen-bond acceptors (Lipinski definition) is 2. The molecule has 0 amide bonds. The Morgan fingerprint density at radius 3 is 2.79 bits per heavy atom. The first kappa shape index (κ1) is 11.5. The van der Waals surface area contributed by atoms with Gasteiger partial charge in [-0.25, -0.2) is 0 Å². The lowest BCUT2D eigenvalue weighted by molar-refractivity contribution is 0.285. The van der Waals surface area contributed by atoms with Gasteiger partial charge in [-0.15, -0.1) is 0 Å². The molecule has 0 saturated heterocycles. The molecule has 0 aliphatic carbocycles. The first-order chi connectivity index (χ1) is 6.58. The summed E-state index contributed by atoms with van der Waals surface area (Å²) in [6.07, 6.45) is 1.75. The fourth-order valence-corrected chi connectivity index (χ4v) is 1.68. The smallest absolute Gasteiger partial charge is 0.0558 e. The van der Waals surface area contributed by atoms with Gasteiger partial charge in [0, 0.05) is 24.3 Å². The van der Waals surface area contributed by atoms with Gasteiger partial charge in [0.25, 0.3) is 0 Å². The van der Waals surface area contributed by atoms with Gasteiger partial charge in [-0.2, -0.15) is 0 Å². The van der Waals surface area contributed by atoms with E-state index in [0.29, 0.717) is 5.92 Å². The summed E-state index contributed by atoms with van der Waals surface area (Å²) in [4.78, 5) is 6.51. The molecule has 78 valence electrons. The van der Waals surface area contributed by atoms with E-state index < -0.39 is 0 Å². The van der Waals surface area contributed by atoms with E-state index in [1.807, 2.05) is 6.07 Å². The van der Waals surface area contributed by atoms with Crippen molar-refractivity contribution in [3.63, 3.8) is 0 Å². The van der Waals surface area contributed by atoms with Crippen LogP contribution in [0.25, 0.3) is 0 Å². The Bertz CT molecular complexity index is 286. The van der Waals surface area contributed by atoms with Crippen molar-refractivity contribution >= 4 is 11.6 Å². The summed E-state index contributed by atoms with van der Waals surface area (Å²) in [5.74, 6) is 0.680. The van der Waals surface area contributed by atoms with E-state index in [4.69, 9.17) is 11.6 Å². The van der Waals surface area contributed by atoms with Crippen LogP contribution in [-0.2, 0) is 6.54 Å². The molecule has 0 aliphatic rings. The van der Waals surface area contributed by atoms with Gasteiger partial charge in [0.05, 0.1) is 5.69 Å². The van der Waals surface area contributed by atoms with Gasteiger partial charge >= 0.3 is 0 Å². The molecule has 0 radical (unpaired) electrons. The van der Waals surface area contributed by atoms with Gasteiger partial charge in [0.1, 0.15) is 0 Å². The lowest BCUT2D eigenvalue weighted by atomic mass is 10.2. The molecule has 0 bridgehead atoms. The number of rotatable bonds is 4. The predicted octanol–water partition coefficient (Wildman–Crippen LogP) is 2.82. The van der Waals surface area contributed by atoms with Crippen molar-refractivity contribution in [2.75, 3.05) is 13.6 Å². The number of aromatic nitrogens is 1. The van der Waals surface area contributed by atoms with E-state index in [1.54, 1.807) is 12.3 Å². The number of hydrogen-bond donors (Lipinski definition) is 0. The molecular formula is C11H17ClN2. The van der Waals surface area contributed by atoms with Crippen LogP contribution in [0.1, 0.15) is 19.5 Å². The fraction of sp³-hybridized carbons (Fsp3) is 0.545. The Balaban J connectivity index is 2.51. The van der Waals surface area contributed by atoms with Crippen molar-refractivity contribution in [3.05, 3.63) is 29.0 Å². The van der Waals surface area contributed by atoms with Crippen LogP contribution in [0.3, 0.4) is 0 Å². The lowest BCUT2D eigenvalue weighted by Gasteiger charge is -2.18. The van der Waals surface area contributed by atoms with Gasteiger partial charge in [0.15, 0.2) is 0 Å². The Labute approximate surface area is 90.9 Å². The number of halogens is 1. The normalized spacial score (nSPS) is 11.3. The van der Waals surface area contributed by atoms with E-state index in [2.05, 4.69) is 30.8 Å². The number of pyridine rings is 1. The van der Waals surface area contributed by atoms with Crippen LogP contribution in [0, 0.1) is 5.92 Å². The first-order valence-electron chi connectivity index (χ1n) is 4.87. The van der Waals surface area contributed by atoms with E-state index in [0.717, 1.165) is 23.8 Å². The lowest BCUT2D eigenvalue weighted by Crippen LogP contribution is -2.23. The highest BCUT2D eigenvalue weighted by Gasteiger charge is 2.03. The van der Waals surface area contributed by atoms with E-state index in [9.17, 15) is 0 Å². The molecule has 3 heteroatoms. The van der Waals surface area contributed by atoms with Crippen molar-refractivity contribution in [1.82, 2.24) is 9.88 Å². The summed E-state index contributed by atoms with van der Waals surface area (Å²) >= 11 is 5.88. The average molecular weight is 213 g/mol. The van der Waals surface area contributed by atoms with Gasteiger partial charge in [0.2, 0.25) is 0 Å². The maximum Gasteiger partial charge on any atom is 0.0558 e. The van der Waals surface area contributed by atoms with Crippen molar-refractivity contribution in [2.24, 2.45) is 5.92 Å². The van der Waals surface area contributed by atoms with Crippen molar-refractivity contribution < 1.29 is 0 Å². The third-order valence-electron chi connectivity index (χ3n) is 1.89. The van der Waals surface area contributed by atoms with Crippen molar-refractivity contribution in [3.8, 4) is 0 Å². The summed E-state index contributed by atoms with van der Waals surface area (Å²) < 4.78 is 0. The summed E-state index contributed by atoms with van der Waals surface area (Å²) in [6, 6.07) is 3.71. The zero-order chi connectivity index (χ0) is 10.6. The largest absolute Gasteiger partial charge is 0.300 e. The highest BCUT2D eigenvalue weighted by Crippen LogP contribution is 2.09. The summed E-state index contributed by atoms with van der Waals surface area (Å²) in [6.45, 7) is 6.36. The Morgan fingerprint density at radius 1 is 1.50 bits per heavy atom. The molecule has 2 nitrogen and oxygen atoms in total. The first-order valence-corrected chi connectivity index (χ1v) is 5.24. The van der Waals surface area contributed by atoms with Crippen LogP contribution < -0.4 is 0 Å². The highest BCUT2D eigenvalue weighted by molar-refractivity contribution is 6.30. The summed E-state index contributed by atoms with van der Waals surface area (Å²) in [5, 5.41) is 0.757. The van der Waals surface area contributed by atoms with Crippen LogP contribution in [0.5, 0.6) is 0 Å². The molecule has 14 heavy (non-hydrogen) atoms. The van der Waals surface area contributed by atoms with Crippen LogP contribution in [0.4, 0.5) is 0 Å². The van der Waals surface area contributed by atoms with Crippen LogP contribution in [-0.4, -0.2) is 23.5 Å². The molecule has 0 aromatic carbocycles. The highest BCUT2D eigenvalue weighted by atomic mass is 35.5. The average Bonchev–Trinajstić information content (AvgIpc) is 2.01. The molecule has 0 fully saturated rings. The second-order valence-electron chi connectivity index (χ2n) is 4.06. The maximum atomic E-state index is 5.88. The third-order valence-corrected chi connectivity index (χ3v) is 2.12. The molecule has 0 N–H and O–H groups in total. The molecular weight excluding hydrogens is 196 g/mol.